The maximum atomic E-state index is 12.4. The second-order valence-electron chi connectivity index (χ2n) is 5.61. The van der Waals surface area contributed by atoms with Gasteiger partial charge in [-0.3, -0.25) is 0 Å². The maximum Gasteiger partial charge on any atom is 0.417 e. The van der Waals surface area contributed by atoms with Gasteiger partial charge in [-0.25, -0.2) is 4.98 Å². The van der Waals surface area contributed by atoms with Gasteiger partial charge in [-0.1, -0.05) is 26.2 Å². The molecule has 2 rings (SSSR count). The van der Waals surface area contributed by atoms with Crippen molar-refractivity contribution < 1.29 is 13.2 Å². The molecule has 1 fully saturated rings. The molecule has 0 saturated heterocycles. The Bertz CT molecular complexity index is 406. The molecule has 1 aliphatic carbocycles. The number of nitrogens with one attached hydrogen (secondary N) is 1. The first-order valence-electron chi connectivity index (χ1n) is 7.26. The molecule has 1 aromatic rings. The summed E-state index contributed by atoms with van der Waals surface area (Å²) < 4.78 is 37.2. The van der Waals surface area contributed by atoms with Crippen molar-refractivity contribution in [2.24, 2.45) is 11.8 Å². The lowest BCUT2D eigenvalue weighted by atomic mass is 9.81. The highest BCUT2D eigenvalue weighted by Gasteiger charge is 2.30. The van der Waals surface area contributed by atoms with Crippen LogP contribution in [0.25, 0.3) is 0 Å². The molecule has 0 aromatic carbocycles. The lowest BCUT2D eigenvalue weighted by Crippen LogP contribution is -2.21. The molecule has 0 spiro atoms. The topological polar surface area (TPSA) is 24.9 Å². The molecule has 0 amide bonds. The van der Waals surface area contributed by atoms with E-state index in [1.54, 1.807) is 0 Å². The molecule has 20 heavy (non-hydrogen) atoms. The van der Waals surface area contributed by atoms with Gasteiger partial charge < -0.3 is 5.32 Å². The number of aromatic nitrogens is 1. The predicted molar refractivity (Wildman–Crippen MR) is 73.5 cm³/mol. The van der Waals surface area contributed by atoms with Crippen LogP contribution in [0, 0.1) is 11.8 Å². The van der Waals surface area contributed by atoms with Gasteiger partial charge in [-0.05, 0) is 36.8 Å². The Hall–Kier alpha value is -1.26. The van der Waals surface area contributed by atoms with E-state index in [1.807, 2.05) is 0 Å². The number of anilines is 1. The van der Waals surface area contributed by atoms with Crippen LogP contribution in [0.4, 0.5) is 19.0 Å². The molecule has 0 radical (unpaired) electrons. The largest absolute Gasteiger partial charge is 0.417 e. The minimum Gasteiger partial charge on any atom is -0.370 e. The van der Waals surface area contributed by atoms with Crippen molar-refractivity contribution in [2.75, 3.05) is 11.9 Å². The molecular formula is C15H21F3N2. The Balaban J connectivity index is 1.80. The third kappa shape index (κ3) is 4.12. The maximum absolute atomic E-state index is 12.4. The van der Waals surface area contributed by atoms with Crippen molar-refractivity contribution >= 4 is 5.82 Å². The molecular weight excluding hydrogens is 265 g/mol. The summed E-state index contributed by atoms with van der Waals surface area (Å²) in [5, 5.41) is 3.15. The van der Waals surface area contributed by atoms with Gasteiger partial charge in [-0.2, -0.15) is 13.2 Å². The predicted octanol–water partition coefficient (Wildman–Crippen LogP) is 4.73. The average molecular weight is 286 g/mol. The van der Waals surface area contributed by atoms with Crippen LogP contribution in [0.15, 0.2) is 18.3 Å². The molecule has 0 unspecified atom stereocenters. The van der Waals surface area contributed by atoms with E-state index in [9.17, 15) is 13.2 Å². The summed E-state index contributed by atoms with van der Waals surface area (Å²) in [6.45, 7) is 3.03. The molecule has 1 saturated carbocycles. The minimum absolute atomic E-state index is 0.524. The number of hydrogen-bond acceptors (Lipinski definition) is 2. The molecule has 1 aliphatic rings. The highest BCUT2D eigenvalue weighted by Crippen LogP contribution is 2.31. The molecule has 1 heterocycles. The van der Waals surface area contributed by atoms with Gasteiger partial charge in [0.15, 0.2) is 0 Å². The monoisotopic (exact) mass is 286 g/mol. The van der Waals surface area contributed by atoms with Crippen LogP contribution in [0.5, 0.6) is 0 Å². The van der Waals surface area contributed by atoms with Crippen molar-refractivity contribution in [1.29, 1.82) is 0 Å². The van der Waals surface area contributed by atoms with E-state index < -0.39 is 11.7 Å². The van der Waals surface area contributed by atoms with Crippen LogP contribution in [0.3, 0.4) is 0 Å². The first-order chi connectivity index (χ1) is 9.49. The fourth-order valence-corrected chi connectivity index (χ4v) is 2.76. The van der Waals surface area contributed by atoms with Crippen molar-refractivity contribution in [1.82, 2.24) is 4.98 Å². The molecule has 0 aliphatic heterocycles. The van der Waals surface area contributed by atoms with Crippen LogP contribution in [0.1, 0.15) is 44.6 Å². The Kier molecular flexibility index (Phi) is 4.89. The van der Waals surface area contributed by atoms with E-state index in [2.05, 4.69) is 17.2 Å². The summed E-state index contributed by atoms with van der Waals surface area (Å²) in [4.78, 5) is 3.83. The van der Waals surface area contributed by atoms with Gasteiger partial charge in [0.1, 0.15) is 5.82 Å². The highest BCUT2D eigenvalue weighted by molar-refractivity contribution is 5.36. The molecule has 2 nitrogen and oxygen atoms in total. The van der Waals surface area contributed by atoms with Gasteiger partial charge >= 0.3 is 6.18 Å². The summed E-state index contributed by atoms with van der Waals surface area (Å²) in [6.07, 6.45) is 2.76. The molecule has 1 aromatic heterocycles. The van der Waals surface area contributed by atoms with Crippen molar-refractivity contribution in [3.05, 3.63) is 23.9 Å². The SMILES string of the molecule is CCC1CCC(CNc2ccc(C(F)(F)F)cn2)CC1. The summed E-state index contributed by atoms with van der Waals surface area (Å²) in [7, 11) is 0. The zero-order chi connectivity index (χ0) is 14.6. The van der Waals surface area contributed by atoms with Crippen LogP contribution in [-0.4, -0.2) is 11.5 Å². The normalized spacial score (nSPS) is 23.6. The summed E-state index contributed by atoms with van der Waals surface area (Å²) in [5.74, 6) is 1.99. The number of nitrogens with zero attached hydrogens (tertiary/aromatic N) is 1. The minimum atomic E-state index is -4.32. The van der Waals surface area contributed by atoms with Gasteiger partial charge in [0, 0.05) is 12.7 Å². The number of pyridine rings is 1. The molecule has 0 atom stereocenters. The Morgan fingerprint density at radius 3 is 2.30 bits per heavy atom. The van der Waals surface area contributed by atoms with E-state index in [4.69, 9.17) is 0 Å². The van der Waals surface area contributed by atoms with E-state index in [-0.39, 0.29) is 0 Å². The third-order valence-corrected chi connectivity index (χ3v) is 4.21. The van der Waals surface area contributed by atoms with Gasteiger partial charge in [-0.15, -0.1) is 0 Å². The number of halogens is 3. The Morgan fingerprint density at radius 2 is 1.80 bits per heavy atom. The number of alkyl halides is 3. The molecule has 112 valence electrons. The fraction of sp³-hybridized carbons (Fsp3) is 0.667. The summed E-state index contributed by atoms with van der Waals surface area (Å²) >= 11 is 0. The second-order valence-corrected chi connectivity index (χ2v) is 5.61. The van der Waals surface area contributed by atoms with Crippen molar-refractivity contribution in [3.63, 3.8) is 0 Å². The first kappa shape index (κ1) is 15.1. The first-order valence-corrected chi connectivity index (χ1v) is 7.26. The standard InChI is InChI=1S/C15H21F3N2/c1-2-11-3-5-12(6-4-11)9-19-14-8-7-13(10-20-14)15(16,17)18/h7-8,10-12H,2-6,9H2,1H3,(H,19,20). The van der Waals surface area contributed by atoms with Gasteiger partial charge in [0.25, 0.3) is 0 Å². The van der Waals surface area contributed by atoms with Crippen LogP contribution < -0.4 is 5.32 Å². The molecule has 5 heteroatoms. The zero-order valence-electron chi connectivity index (χ0n) is 11.7. The Morgan fingerprint density at radius 1 is 1.15 bits per heavy atom. The number of hydrogen-bond donors (Lipinski definition) is 1. The van der Waals surface area contributed by atoms with Crippen molar-refractivity contribution in [2.45, 2.75) is 45.2 Å². The van der Waals surface area contributed by atoms with Gasteiger partial charge in [0.2, 0.25) is 0 Å². The lowest BCUT2D eigenvalue weighted by molar-refractivity contribution is -0.137. The molecule has 1 N–H and O–H groups in total. The van der Waals surface area contributed by atoms with Crippen LogP contribution in [-0.2, 0) is 6.18 Å². The quantitative estimate of drug-likeness (QED) is 0.865. The Labute approximate surface area is 117 Å². The summed E-state index contributed by atoms with van der Waals surface area (Å²) in [5.41, 5.74) is -0.702. The van der Waals surface area contributed by atoms with Crippen LogP contribution >= 0.6 is 0 Å². The summed E-state index contributed by atoms with van der Waals surface area (Å²) in [6, 6.07) is 2.48. The van der Waals surface area contributed by atoms with Crippen LogP contribution in [0.2, 0.25) is 0 Å². The van der Waals surface area contributed by atoms with E-state index in [1.165, 1.54) is 38.2 Å². The second kappa shape index (κ2) is 6.46. The van der Waals surface area contributed by atoms with Crippen molar-refractivity contribution in [3.8, 4) is 0 Å². The molecule has 0 bridgehead atoms. The smallest absolute Gasteiger partial charge is 0.370 e. The lowest BCUT2D eigenvalue weighted by Gasteiger charge is -2.28. The average Bonchev–Trinajstić information content (AvgIpc) is 2.45. The number of rotatable bonds is 4. The third-order valence-electron chi connectivity index (χ3n) is 4.21. The fourth-order valence-electron chi connectivity index (χ4n) is 2.76. The van der Waals surface area contributed by atoms with E-state index in [0.717, 1.165) is 24.7 Å². The van der Waals surface area contributed by atoms with E-state index >= 15 is 0 Å². The highest BCUT2D eigenvalue weighted by atomic mass is 19.4. The van der Waals surface area contributed by atoms with E-state index in [0.29, 0.717) is 11.7 Å². The van der Waals surface area contributed by atoms with Gasteiger partial charge in [0.05, 0.1) is 5.56 Å². The zero-order valence-corrected chi connectivity index (χ0v) is 11.7.